The number of rotatable bonds is 8. The van der Waals surface area contributed by atoms with E-state index in [1.54, 1.807) is 18.4 Å². The van der Waals surface area contributed by atoms with Gasteiger partial charge in [-0.15, -0.1) is 11.3 Å². The van der Waals surface area contributed by atoms with Crippen molar-refractivity contribution in [1.82, 2.24) is 15.6 Å². The fourth-order valence-corrected chi connectivity index (χ4v) is 4.09. The molecule has 1 aromatic heterocycles. The minimum atomic E-state index is 0.258. The maximum absolute atomic E-state index is 6.16. The lowest BCUT2D eigenvalue weighted by Crippen LogP contribution is -2.39. The van der Waals surface area contributed by atoms with E-state index in [0.29, 0.717) is 0 Å². The van der Waals surface area contributed by atoms with Gasteiger partial charge in [-0.3, -0.25) is 4.99 Å². The van der Waals surface area contributed by atoms with Gasteiger partial charge in [-0.2, -0.15) is 0 Å². The molecule has 146 valence electrons. The van der Waals surface area contributed by atoms with Crippen molar-refractivity contribution in [2.45, 2.75) is 45.1 Å². The molecule has 1 heterocycles. The van der Waals surface area contributed by atoms with Crippen molar-refractivity contribution in [3.63, 3.8) is 0 Å². The van der Waals surface area contributed by atoms with Crippen molar-refractivity contribution in [2.75, 3.05) is 26.7 Å². The average molecular weight is 387 g/mol. The van der Waals surface area contributed by atoms with Crippen molar-refractivity contribution in [1.29, 1.82) is 0 Å². The highest BCUT2D eigenvalue weighted by Crippen LogP contribution is 2.32. The normalized spacial score (nSPS) is 16.8. The van der Waals surface area contributed by atoms with Crippen molar-refractivity contribution < 1.29 is 4.74 Å². The lowest BCUT2D eigenvalue weighted by atomic mass is 9.89. The van der Waals surface area contributed by atoms with Crippen molar-refractivity contribution >= 4 is 17.3 Å². The van der Waals surface area contributed by atoms with Crippen LogP contribution in [0.25, 0.3) is 0 Å². The summed E-state index contributed by atoms with van der Waals surface area (Å²) in [5.41, 5.74) is 3.97. The molecular weight excluding hydrogens is 356 g/mol. The quantitative estimate of drug-likeness (QED) is 0.413. The van der Waals surface area contributed by atoms with Crippen LogP contribution in [0.15, 0.2) is 34.6 Å². The van der Waals surface area contributed by atoms with Crippen molar-refractivity contribution in [3.05, 3.63) is 51.5 Å². The van der Waals surface area contributed by atoms with Crippen LogP contribution in [0.5, 0.6) is 0 Å². The third-order valence-electron chi connectivity index (χ3n) is 4.81. The van der Waals surface area contributed by atoms with E-state index in [4.69, 9.17) is 4.74 Å². The van der Waals surface area contributed by atoms with E-state index in [2.05, 4.69) is 50.3 Å². The van der Waals surface area contributed by atoms with E-state index in [0.717, 1.165) is 55.6 Å². The lowest BCUT2D eigenvalue weighted by molar-refractivity contribution is 0.0398. The molecule has 0 saturated heterocycles. The summed E-state index contributed by atoms with van der Waals surface area (Å²) >= 11 is 1.70. The van der Waals surface area contributed by atoms with Gasteiger partial charge >= 0.3 is 0 Å². The number of thiazole rings is 1. The summed E-state index contributed by atoms with van der Waals surface area (Å²) in [6.45, 7) is 4.49. The number of benzene rings is 1. The van der Waals surface area contributed by atoms with Gasteiger partial charge in [0.25, 0.3) is 0 Å². The summed E-state index contributed by atoms with van der Waals surface area (Å²) < 4.78 is 6.16. The van der Waals surface area contributed by atoms with Crippen LogP contribution in [0.3, 0.4) is 0 Å². The molecule has 1 aliphatic carbocycles. The molecule has 0 aliphatic heterocycles. The zero-order chi connectivity index (χ0) is 18.9. The van der Waals surface area contributed by atoms with Crippen LogP contribution in [-0.2, 0) is 17.6 Å². The molecule has 0 bridgehead atoms. The first-order valence-corrected chi connectivity index (χ1v) is 10.7. The molecule has 0 saturated carbocycles. The molecule has 6 heteroatoms. The zero-order valence-electron chi connectivity index (χ0n) is 16.3. The number of nitrogens with one attached hydrogen (secondary N) is 2. The molecule has 1 aromatic carbocycles. The Bertz CT molecular complexity index is 743. The number of guanidine groups is 1. The maximum atomic E-state index is 6.16. The van der Waals surface area contributed by atoms with Gasteiger partial charge in [0, 0.05) is 38.5 Å². The van der Waals surface area contributed by atoms with Crippen LogP contribution < -0.4 is 10.6 Å². The largest absolute Gasteiger partial charge is 0.373 e. The van der Waals surface area contributed by atoms with Gasteiger partial charge in [0.1, 0.15) is 0 Å². The summed E-state index contributed by atoms with van der Waals surface area (Å²) in [5, 5.41) is 9.94. The van der Waals surface area contributed by atoms with Crippen LogP contribution in [0, 0.1) is 6.92 Å². The second-order valence-corrected chi connectivity index (χ2v) is 7.90. The first-order valence-electron chi connectivity index (χ1n) is 9.81. The van der Waals surface area contributed by atoms with Crippen LogP contribution in [-0.4, -0.2) is 37.7 Å². The van der Waals surface area contributed by atoms with Gasteiger partial charge in [0.15, 0.2) is 5.96 Å². The number of hydrogen-bond donors (Lipinski definition) is 2. The van der Waals surface area contributed by atoms with Gasteiger partial charge < -0.3 is 15.4 Å². The van der Waals surface area contributed by atoms with Gasteiger partial charge in [-0.05, 0) is 43.7 Å². The molecular formula is C21H30N4OS. The van der Waals surface area contributed by atoms with E-state index in [-0.39, 0.29) is 6.10 Å². The fraction of sp³-hybridized carbons (Fsp3) is 0.524. The number of aromatic nitrogens is 1. The topological polar surface area (TPSA) is 58.5 Å². The number of fused-ring (bicyclic) bond motifs is 1. The maximum Gasteiger partial charge on any atom is 0.190 e. The molecule has 0 spiro atoms. The third kappa shape index (κ3) is 6.04. The Kier molecular flexibility index (Phi) is 7.66. The number of aryl methyl sites for hydroxylation is 2. The third-order valence-corrected chi connectivity index (χ3v) is 5.63. The Morgan fingerprint density at radius 2 is 2.15 bits per heavy atom. The minimum Gasteiger partial charge on any atom is -0.373 e. The fourth-order valence-electron chi connectivity index (χ4n) is 3.44. The summed E-state index contributed by atoms with van der Waals surface area (Å²) in [6.07, 6.45) is 5.66. The predicted molar refractivity (Wildman–Crippen MR) is 113 cm³/mol. The monoisotopic (exact) mass is 386 g/mol. The summed E-state index contributed by atoms with van der Waals surface area (Å²) in [6, 6.07) is 8.69. The van der Waals surface area contributed by atoms with E-state index in [9.17, 15) is 0 Å². The average Bonchev–Trinajstić information content (AvgIpc) is 3.11. The van der Waals surface area contributed by atoms with Crippen molar-refractivity contribution in [3.8, 4) is 0 Å². The molecule has 5 nitrogen and oxygen atoms in total. The molecule has 0 fully saturated rings. The second-order valence-electron chi connectivity index (χ2n) is 6.84. The molecule has 1 aliphatic rings. The molecule has 3 rings (SSSR count). The first-order chi connectivity index (χ1) is 13.3. The smallest absolute Gasteiger partial charge is 0.190 e. The number of nitrogens with zero attached hydrogens (tertiary/aromatic N) is 2. The summed E-state index contributed by atoms with van der Waals surface area (Å²) in [5.74, 6) is 0.838. The molecule has 2 N–H and O–H groups in total. The molecule has 27 heavy (non-hydrogen) atoms. The predicted octanol–water partition coefficient (Wildman–Crippen LogP) is 3.64. The Labute approximate surface area is 166 Å². The van der Waals surface area contributed by atoms with Crippen molar-refractivity contribution in [2.24, 2.45) is 4.99 Å². The van der Waals surface area contributed by atoms with E-state index >= 15 is 0 Å². The highest BCUT2D eigenvalue weighted by molar-refractivity contribution is 7.09. The Hall–Kier alpha value is -1.92. The summed E-state index contributed by atoms with van der Waals surface area (Å²) in [7, 11) is 1.80. The SMILES string of the molecule is CN=C(NCCCOC1CCCc2ccccc21)NCCc1csc(C)n1. The number of aliphatic imine (C=N–C) groups is 1. The van der Waals surface area contributed by atoms with Gasteiger partial charge in [-0.1, -0.05) is 24.3 Å². The number of ether oxygens (including phenoxy) is 1. The van der Waals surface area contributed by atoms with E-state index in [1.165, 1.54) is 24.0 Å². The summed E-state index contributed by atoms with van der Waals surface area (Å²) in [4.78, 5) is 8.76. The highest BCUT2D eigenvalue weighted by atomic mass is 32.1. The van der Waals surface area contributed by atoms with E-state index in [1.807, 2.05) is 6.92 Å². The van der Waals surface area contributed by atoms with E-state index < -0.39 is 0 Å². The van der Waals surface area contributed by atoms with Crippen LogP contribution >= 0.6 is 11.3 Å². The standard InChI is InChI=1S/C21H30N4OS/c1-16-25-18(15-27-16)11-13-24-21(22-2)23-12-6-14-26-20-10-5-8-17-7-3-4-9-19(17)20/h3-4,7,9,15,20H,5-6,8,10-14H2,1-2H3,(H2,22,23,24). The zero-order valence-corrected chi connectivity index (χ0v) is 17.1. The number of hydrogen-bond acceptors (Lipinski definition) is 4. The molecule has 0 radical (unpaired) electrons. The van der Waals surface area contributed by atoms with Gasteiger partial charge in [0.2, 0.25) is 0 Å². The molecule has 1 unspecified atom stereocenters. The molecule has 2 aromatic rings. The molecule has 1 atom stereocenters. The first kappa shape index (κ1) is 19.8. The molecule has 0 amide bonds. The van der Waals surface area contributed by atoms with Crippen LogP contribution in [0.2, 0.25) is 0 Å². The second kappa shape index (κ2) is 10.4. The van der Waals surface area contributed by atoms with Crippen LogP contribution in [0.1, 0.15) is 47.2 Å². The van der Waals surface area contributed by atoms with Crippen LogP contribution in [0.4, 0.5) is 0 Å². The van der Waals surface area contributed by atoms with Gasteiger partial charge in [0.05, 0.1) is 16.8 Å². The lowest BCUT2D eigenvalue weighted by Gasteiger charge is -2.25. The highest BCUT2D eigenvalue weighted by Gasteiger charge is 2.19. The Balaban J connectivity index is 1.31. The minimum absolute atomic E-state index is 0.258. The van der Waals surface area contributed by atoms with Gasteiger partial charge in [-0.25, -0.2) is 4.98 Å². The Morgan fingerprint density at radius 3 is 2.96 bits per heavy atom. The Morgan fingerprint density at radius 1 is 1.30 bits per heavy atom.